The van der Waals surface area contributed by atoms with Crippen molar-refractivity contribution in [2.75, 3.05) is 6.54 Å². The number of carboxylic acid groups (broad SMARTS) is 1. The zero-order valence-corrected chi connectivity index (χ0v) is 9.31. The third-order valence-electron chi connectivity index (χ3n) is 2.24. The average Bonchev–Trinajstić information content (AvgIpc) is 2.29. The van der Waals surface area contributed by atoms with Crippen molar-refractivity contribution in [2.24, 2.45) is 5.92 Å². The number of hydrogen-bond acceptors (Lipinski definition) is 3. The second-order valence-corrected chi connectivity index (χ2v) is 3.65. The van der Waals surface area contributed by atoms with E-state index in [1.165, 1.54) is 6.07 Å². The van der Waals surface area contributed by atoms with Gasteiger partial charge in [-0.15, -0.1) is 0 Å². The molecule has 1 atom stereocenters. The second-order valence-electron chi connectivity index (χ2n) is 3.65. The predicted octanol–water partition coefficient (Wildman–Crippen LogP) is 1.06. The van der Waals surface area contributed by atoms with Gasteiger partial charge in [-0.25, -0.2) is 9.37 Å². The molecular weight excluding hydrogens is 227 g/mol. The van der Waals surface area contributed by atoms with Crippen molar-refractivity contribution in [1.29, 1.82) is 0 Å². The molecule has 17 heavy (non-hydrogen) atoms. The lowest BCUT2D eigenvalue weighted by molar-refractivity contribution is -0.141. The SMILES string of the molecule is CC(CCNC(=O)c1ccc(F)cn1)C(=O)O. The summed E-state index contributed by atoms with van der Waals surface area (Å²) in [5, 5.41) is 11.1. The molecule has 1 aromatic heterocycles. The molecule has 1 rings (SSSR count). The van der Waals surface area contributed by atoms with E-state index in [9.17, 15) is 14.0 Å². The number of amides is 1. The van der Waals surface area contributed by atoms with Gasteiger partial charge >= 0.3 is 5.97 Å². The fraction of sp³-hybridized carbons (Fsp3) is 0.364. The maximum atomic E-state index is 12.5. The summed E-state index contributed by atoms with van der Waals surface area (Å²) in [6.45, 7) is 1.80. The summed E-state index contributed by atoms with van der Waals surface area (Å²) < 4.78 is 12.5. The van der Waals surface area contributed by atoms with Crippen LogP contribution in [0, 0.1) is 11.7 Å². The number of nitrogens with one attached hydrogen (secondary N) is 1. The van der Waals surface area contributed by atoms with Crippen LogP contribution in [-0.2, 0) is 4.79 Å². The van der Waals surface area contributed by atoms with E-state index in [0.717, 1.165) is 12.3 Å². The van der Waals surface area contributed by atoms with Crippen LogP contribution in [-0.4, -0.2) is 28.5 Å². The molecule has 0 fully saturated rings. The van der Waals surface area contributed by atoms with Crippen LogP contribution in [0.1, 0.15) is 23.8 Å². The van der Waals surface area contributed by atoms with Crippen LogP contribution in [0.4, 0.5) is 4.39 Å². The van der Waals surface area contributed by atoms with E-state index in [1.807, 2.05) is 0 Å². The Hall–Kier alpha value is -1.98. The number of carbonyl (C=O) groups is 2. The van der Waals surface area contributed by atoms with Gasteiger partial charge in [-0.3, -0.25) is 9.59 Å². The van der Waals surface area contributed by atoms with E-state index >= 15 is 0 Å². The van der Waals surface area contributed by atoms with E-state index in [2.05, 4.69) is 10.3 Å². The lowest BCUT2D eigenvalue weighted by Crippen LogP contribution is -2.27. The van der Waals surface area contributed by atoms with Crippen molar-refractivity contribution in [2.45, 2.75) is 13.3 Å². The molecular formula is C11H13FN2O3. The fourth-order valence-corrected chi connectivity index (χ4v) is 1.13. The number of aliphatic carboxylic acids is 1. The van der Waals surface area contributed by atoms with Gasteiger partial charge in [0, 0.05) is 6.54 Å². The Morgan fingerprint density at radius 3 is 2.76 bits per heavy atom. The van der Waals surface area contributed by atoms with Gasteiger partial charge in [-0.1, -0.05) is 6.92 Å². The van der Waals surface area contributed by atoms with Gasteiger partial charge in [0.15, 0.2) is 0 Å². The maximum absolute atomic E-state index is 12.5. The third kappa shape index (κ3) is 4.18. The molecule has 5 nitrogen and oxygen atoms in total. The van der Waals surface area contributed by atoms with Crippen molar-refractivity contribution in [3.8, 4) is 0 Å². The van der Waals surface area contributed by atoms with Crippen molar-refractivity contribution >= 4 is 11.9 Å². The highest BCUT2D eigenvalue weighted by Gasteiger charge is 2.12. The first kappa shape index (κ1) is 13.1. The molecule has 0 radical (unpaired) electrons. The molecule has 0 aliphatic carbocycles. The number of aromatic nitrogens is 1. The highest BCUT2D eigenvalue weighted by atomic mass is 19.1. The van der Waals surface area contributed by atoms with Crippen molar-refractivity contribution in [3.05, 3.63) is 29.8 Å². The first-order valence-corrected chi connectivity index (χ1v) is 5.13. The van der Waals surface area contributed by atoms with Gasteiger partial charge in [0.1, 0.15) is 11.5 Å². The molecule has 92 valence electrons. The molecule has 0 bridgehead atoms. The van der Waals surface area contributed by atoms with Gasteiger partial charge in [-0.05, 0) is 18.6 Å². The van der Waals surface area contributed by atoms with Gasteiger partial charge in [0.2, 0.25) is 0 Å². The molecule has 0 aromatic carbocycles. The van der Waals surface area contributed by atoms with Crippen molar-refractivity contribution < 1.29 is 19.1 Å². The monoisotopic (exact) mass is 240 g/mol. The topological polar surface area (TPSA) is 79.3 Å². The van der Waals surface area contributed by atoms with E-state index < -0.39 is 23.6 Å². The Kier molecular flexibility index (Phi) is 4.56. The number of pyridine rings is 1. The Bertz CT molecular complexity index is 406. The molecule has 1 amide bonds. The van der Waals surface area contributed by atoms with Crippen molar-refractivity contribution in [3.63, 3.8) is 0 Å². The van der Waals surface area contributed by atoms with Crippen LogP contribution in [0.2, 0.25) is 0 Å². The molecule has 1 aromatic rings. The van der Waals surface area contributed by atoms with Crippen LogP contribution in [0.3, 0.4) is 0 Å². The molecule has 2 N–H and O–H groups in total. The van der Waals surface area contributed by atoms with E-state index in [4.69, 9.17) is 5.11 Å². The Labute approximate surface area is 97.7 Å². The highest BCUT2D eigenvalue weighted by Crippen LogP contribution is 2.01. The summed E-state index contributed by atoms with van der Waals surface area (Å²) in [4.78, 5) is 25.6. The van der Waals surface area contributed by atoms with E-state index in [1.54, 1.807) is 6.92 Å². The Morgan fingerprint density at radius 1 is 1.53 bits per heavy atom. The predicted molar refractivity (Wildman–Crippen MR) is 57.9 cm³/mol. The Morgan fingerprint density at radius 2 is 2.24 bits per heavy atom. The number of carbonyl (C=O) groups excluding carboxylic acids is 1. The largest absolute Gasteiger partial charge is 0.481 e. The van der Waals surface area contributed by atoms with E-state index in [0.29, 0.717) is 6.42 Å². The molecule has 1 heterocycles. The maximum Gasteiger partial charge on any atom is 0.306 e. The first-order chi connectivity index (χ1) is 8.00. The number of halogens is 1. The fourth-order valence-electron chi connectivity index (χ4n) is 1.13. The van der Waals surface area contributed by atoms with Crippen LogP contribution in [0.15, 0.2) is 18.3 Å². The second kappa shape index (κ2) is 5.93. The molecule has 6 heteroatoms. The average molecular weight is 240 g/mol. The van der Waals surface area contributed by atoms with Crippen LogP contribution in [0.5, 0.6) is 0 Å². The van der Waals surface area contributed by atoms with Gasteiger partial charge in [0.25, 0.3) is 5.91 Å². The van der Waals surface area contributed by atoms with Crippen LogP contribution < -0.4 is 5.32 Å². The smallest absolute Gasteiger partial charge is 0.306 e. The standard InChI is InChI=1S/C11H13FN2O3/c1-7(11(16)17)4-5-13-10(15)9-3-2-8(12)6-14-9/h2-3,6-7H,4-5H2,1H3,(H,13,15)(H,16,17). The van der Waals surface area contributed by atoms with Gasteiger partial charge < -0.3 is 10.4 Å². The van der Waals surface area contributed by atoms with Crippen LogP contribution >= 0.6 is 0 Å². The molecule has 1 unspecified atom stereocenters. The minimum Gasteiger partial charge on any atom is -0.481 e. The normalized spacial score (nSPS) is 11.9. The van der Waals surface area contributed by atoms with Crippen LogP contribution in [0.25, 0.3) is 0 Å². The number of carboxylic acids is 1. The summed E-state index contributed by atoms with van der Waals surface area (Å²) >= 11 is 0. The number of rotatable bonds is 5. The summed E-state index contributed by atoms with van der Waals surface area (Å²) in [5.74, 6) is -2.38. The molecule has 0 saturated heterocycles. The zero-order valence-electron chi connectivity index (χ0n) is 9.31. The number of nitrogens with zero attached hydrogens (tertiary/aromatic N) is 1. The molecule has 0 spiro atoms. The Balaban J connectivity index is 2.40. The summed E-state index contributed by atoms with van der Waals surface area (Å²) in [6.07, 6.45) is 1.29. The zero-order chi connectivity index (χ0) is 12.8. The van der Waals surface area contributed by atoms with Gasteiger partial charge in [0.05, 0.1) is 12.1 Å². The highest BCUT2D eigenvalue weighted by molar-refractivity contribution is 5.92. The number of hydrogen-bond donors (Lipinski definition) is 2. The molecule has 0 saturated carbocycles. The lowest BCUT2D eigenvalue weighted by Gasteiger charge is -2.07. The van der Waals surface area contributed by atoms with Crippen molar-refractivity contribution in [1.82, 2.24) is 10.3 Å². The minimum absolute atomic E-state index is 0.106. The van der Waals surface area contributed by atoms with E-state index in [-0.39, 0.29) is 12.2 Å². The third-order valence-corrected chi connectivity index (χ3v) is 2.24. The quantitative estimate of drug-likeness (QED) is 0.806. The molecule has 0 aliphatic heterocycles. The first-order valence-electron chi connectivity index (χ1n) is 5.13. The lowest BCUT2D eigenvalue weighted by atomic mass is 10.1. The summed E-state index contributed by atoms with van der Waals surface area (Å²) in [5.41, 5.74) is 0.106. The molecule has 0 aliphatic rings. The van der Waals surface area contributed by atoms with Gasteiger partial charge in [-0.2, -0.15) is 0 Å². The summed E-state index contributed by atoms with van der Waals surface area (Å²) in [7, 11) is 0. The minimum atomic E-state index is -0.904. The summed E-state index contributed by atoms with van der Waals surface area (Å²) in [6, 6.07) is 2.41.